The van der Waals surface area contributed by atoms with Crippen molar-refractivity contribution in [1.82, 2.24) is 4.98 Å². The van der Waals surface area contributed by atoms with Crippen molar-refractivity contribution in [2.75, 3.05) is 14.2 Å². The van der Waals surface area contributed by atoms with Gasteiger partial charge in [-0.3, -0.25) is 4.98 Å². The second-order valence-electron chi connectivity index (χ2n) is 3.82. The summed E-state index contributed by atoms with van der Waals surface area (Å²) in [5.41, 5.74) is 3.14. The third-order valence-corrected chi connectivity index (χ3v) is 2.72. The fraction of sp³-hybridized carbons (Fsp3) is 0.308. The standard InChI is InChI=1S/C13H15NO2/c1-8-5-10-9(2)13(16-4)12(15-3)6-11(10)14-7-8/h5-7H,1-4H3. The summed E-state index contributed by atoms with van der Waals surface area (Å²) in [5.74, 6) is 1.51. The van der Waals surface area contributed by atoms with Crippen LogP contribution < -0.4 is 9.47 Å². The predicted molar refractivity (Wildman–Crippen MR) is 64.3 cm³/mol. The van der Waals surface area contributed by atoms with Gasteiger partial charge in [0, 0.05) is 23.2 Å². The van der Waals surface area contributed by atoms with Gasteiger partial charge in [0.15, 0.2) is 11.5 Å². The largest absolute Gasteiger partial charge is 0.493 e. The fourth-order valence-corrected chi connectivity index (χ4v) is 1.90. The molecule has 0 radical (unpaired) electrons. The zero-order valence-corrected chi connectivity index (χ0v) is 10.00. The van der Waals surface area contributed by atoms with Gasteiger partial charge >= 0.3 is 0 Å². The Hall–Kier alpha value is -1.77. The molecule has 0 unspecified atom stereocenters. The SMILES string of the molecule is COc1cc2ncc(C)cc2c(C)c1OC. The van der Waals surface area contributed by atoms with Crippen LogP contribution in [0.3, 0.4) is 0 Å². The highest BCUT2D eigenvalue weighted by molar-refractivity contribution is 5.87. The summed E-state index contributed by atoms with van der Waals surface area (Å²) in [4.78, 5) is 4.39. The third kappa shape index (κ3) is 1.58. The van der Waals surface area contributed by atoms with Crippen LogP contribution >= 0.6 is 0 Å². The lowest BCUT2D eigenvalue weighted by atomic mass is 10.1. The minimum atomic E-state index is 0.726. The number of hydrogen-bond donors (Lipinski definition) is 0. The average molecular weight is 217 g/mol. The normalized spacial score (nSPS) is 10.5. The summed E-state index contributed by atoms with van der Waals surface area (Å²) < 4.78 is 10.7. The Morgan fingerprint density at radius 2 is 1.81 bits per heavy atom. The maximum Gasteiger partial charge on any atom is 0.164 e. The van der Waals surface area contributed by atoms with E-state index in [0.717, 1.165) is 33.5 Å². The molecule has 0 saturated heterocycles. The molecule has 0 aliphatic heterocycles. The molecule has 2 aromatic rings. The number of benzene rings is 1. The van der Waals surface area contributed by atoms with Gasteiger partial charge < -0.3 is 9.47 Å². The smallest absolute Gasteiger partial charge is 0.164 e. The number of hydrogen-bond acceptors (Lipinski definition) is 3. The van der Waals surface area contributed by atoms with Gasteiger partial charge in [0.2, 0.25) is 0 Å². The van der Waals surface area contributed by atoms with Crippen LogP contribution in [0.1, 0.15) is 11.1 Å². The van der Waals surface area contributed by atoms with Crippen LogP contribution in [0.5, 0.6) is 11.5 Å². The van der Waals surface area contributed by atoms with E-state index in [9.17, 15) is 0 Å². The first kappa shape index (κ1) is 10.7. The maximum atomic E-state index is 5.36. The Bertz CT molecular complexity index is 535. The lowest BCUT2D eigenvalue weighted by molar-refractivity contribution is 0.354. The average Bonchev–Trinajstić information content (AvgIpc) is 2.29. The van der Waals surface area contributed by atoms with Gasteiger partial charge in [0.1, 0.15) is 0 Å². The first-order valence-electron chi connectivity index (χ1n) is 5.15. The monoisotopic (exact) mass is 217 g/mol. The maximum absolute atomic E-state index is 5.36. The first-order chi connectivity index (χ1) is 7.67. The molecule has 0 aliphatic rings. The molecule has 1 aromatic heterocycles. The van der Waals surface area contributed by atoms with E-state index in [1.54, 1.807) is 14.2 Å². The Morgan fingerprint density at radius 3 is 2.44 bits per heavy atom. The zero-order valence-electron chi connectivity index (χ0n) is 10.00. The van der Waals surface area contributed by atoms with Crippen LogP contribution in [0.25, 0.3) is 10.9 Å². The van der Waals surface area contributed by atoms with Crippen LogP contribution in [0.4, 0.5) is 0 Å². The Morgan fingerprint density at radius 1 is 1.06 bits per heavy atom. The molecule has 0 N–H and O–H groups in total. The molecule has 84 valence electrons. The van der Waals surface area contributed by atoms with Gasteiger partial charge in [-0.1, -0.05) is 0 Å². The van der Waals surface area contributed by atoms with E-state index in [1.165, 1.54) is 0 Å². The van der Waals surface area contributed by atoms with Crippen LogP contribution in [-0.2, 0) is 0 Å². The molecule has 0 saturated carbocycles. The minimum Gasteiger partial charge on any atom is -0.493 e. The van der Waals surface area contributed by atoms with Crippen molar-refractivity contribution in [3.63, 3.8) is 0 Å². The summed E-state index contributed by atoms with van der Waals surface area (Å²) in [5, 5.41) is 1.11. The van der Waals surface area contributed by atoms with Crippen molar-refractivity contribution in [2.24, 2.45) is 0 Å². The number of aryl methyl sites for hydroxylation is 2. The molecule has 16 heavy (non-hydrogen) atoms. The lowest BCUT2D eigenvalue weighted by Gasteiger charge is -2.13. The van der Waals surface area contributed by atoms with Crippen molar-refractivity contribution in [3.05, 3.63) is 29.5 Å². The van der Waals surface area contributed by atoms with Gasteiger partial charge in [0.05, 0.1) is 19.7 Å². The molecule has 2 rings (SSSR count). The molecule has 1 aromatic carbocycles. The van der Waals surface area contributed by atoms with Gasteiger partial charge in [-0.05, 0) is 25.5 Å². The molecule has 0 atom stereocenters. The molecule has 0 aliphatic carbocycles. The first-order valence-corrected chi connectivity index (χ1v) is 5.15. The van der Waals surface area contributed by atoms with E-state index in [0.29, 0.717) is 0 Å². The number of ether oxygens (including phenoxy) is 2. The second kappa shape index (κ2) is 4.00. The summed E-state index contributed by atoms with van der Waals surface area (Å²) in [6.07, 6.45) is 1.85. The molecular weight excluding hydrogens is 202 g/mol. The Balaban J connectivity index is 2.82. The van der Waals surface area contributed by atoms with Gasteiger partial charge in [0.25, 0.3) is 0 Å². The molecule has 1 heterocycles. The van der Waals surface area contributed by atoms with Crippen molar-refractivity contribution in [3.8, 4) is 11.5 Å². The molecule has 3 nitrogen and oxygen atoms in total. The van der Waals surface area contributed by atoms with Crippen LogP contribution in [0, 0.1) is 13.8 Å². The molecule has 0 spiro atoms. The highest BCUT2D eigenvalue weighted by Crippen LogP contribution is 2.36. The van der Waals surface area contributed by atoms with Crippen molar-refractivity contribution in [2.45, 2.75) is 13.8 Å². The van der Waals surface area contributed by atoms with Crippen molar-refractivity contribution < 1.29 is 9.47 Å². The summed E-state index contributed by atoms with van der Waals surface area (Å²) in [7, 11) is 3.29. The van der Waals surface area contributed by atoms with Crippen molar-refractivity contribution >= 4 is 10.9 Å². The Kier molecular flexibility index (Phi) is 2.69. The quantitative estimate of drug-likeness (QED) is 0.775. The number of rotatable bonds is 2. The topological polar surface area (TPSA) is 31.4 Å². The third-order valence-electron chi connectivity index (χ3n) is 2.72. The molecule has 0 bridgehead atoms. The van der Waals surface area contributed by atoms with E-state index in [2.05, 4.69) is 11.1 Å². The highest BCUT2D eigenvalue weighted by Gasteiger charge is 2.11. The van der Waals surface area contributed by atoms with Crippen LogP contribution in [-0.4, -0.2) is 19.2 Å². The lowest BCUT2D eigenvalue weighted by Crippen LogP contribution is -1.95. The van der Waals surface area contributed by atoms with E-state index < -0.39 is 0 Å². The second-order valence-corrected chi connectivity index (χ2v) is 3.82. The molecule has 0 fully saturated rings. The fourth-order valence-electron chi connectivity index (χ4n) is 1.90. The number of fused-ring (bicyclic) bond motifs is 1. The van der Waals surface area contributed by atoms with Gasteiger partial charge in [-0.2, -0.15) is 0 Å². The van der Waals surface area contributed by atoms with Crippen LogP contribution in [0.2, 0.25) is 0 Å². The predicted octanol–water partition coefficient (Wildman–Crippen LogP) is 2.87. The Labute approximate surface area is 95.0 Å². The van der Waals surface area contributed by atoms with E-state index in [-0.39, 0.29) is 0 Å². The zero-order chi connectivity index (χ0) is 11.7. The number of nitrogens with zero attached hydrogens (tertiary/aromatic N) is 1. The van der Waals surface area contributed by atoms with Gasteiger partial charge in [-0.15, -0.1) is 0 Å². The summed E-state index contributed by atoms with van der Waals surface area (Å²) in [6.45, 7) is 4.05. The van der Waals surface area contributed by atoms with E-state index in [1.807, 2.05) is 26.1 Å². The molecular formula is C13H15NO2. The molecule has 3 heteroatoms. The van der Waals surface area contributed by atoms with E-state index in [4.69, 9.17) is 9.47 Å². The number of methoxy groups -OCH3 is 2. The summed E-state index contributed by atoms with van der Waals surface area (Å²) in [6, 6.07) is 4.01. The number of pyridine rings is 1. The van der Waals surface area contributed by atoms with Gasteiger partial charge in [-0.25, -0.2) is 0 Å². The van der Waals surface area contributed by atoms with E-state index >= 15 is 0 Å². The number of aromatic nitrogens is 1. The minimum absolute atomic E-state index is 0.726. The van der Waals surface area contributed by atoms with Crippen molar-refractivity contribution in [1.29, 1.82) is 0 Å². The highest BCUT2D eigenvalue weighted by atomic mass is 16.5. The molecule has 0 amide bonds. The van der Waals surface area contributed by atoms with Crippen LogP contribution in [0.15, 0.2) is 18.3 Å². The summed E-state index contributed by atoms with van der Waals surface area (Å²) >= 11 is 0.